The van der Waals surface area contributed by atoms with Crippen LogP contribution in [0.25, 0.3) is 0 Å². The largest absolute Gasteiger partial charge is 0.480 e. The number of piperazine rings is 1. The van der Waals surface area contributed by atoms with E-state index >= 15 is 0 Å². The number of hydrogen-bond donors (Lipinski definition) is 1. The zero-order valence-corrected chi connectivity index (χ0v) is 17.0. The van der Waals surface area contributed by atoms with Gasteiger partial charge in [-0.25, -0.2) is 0 Å². The molecule has 1 atom stereocenters. The average Bonchev–Trinajstić information content (AvgIpc) is 2.40. The Morgan fingerprint density at radius 3 is 2.09 bits per heavy atom. The van der Waals surface area contributed by atoms with Gasteiger partial charge >= 0.3 is 5.97 Å². The summed E-state index contributed by atoms with van der Waals surface area (Å²) < 4.78 is 6.70. The molecule has 5 nitrogen and oxygen atoms in total. The van der Waals surface area contributed by atoms with Gasteiger partial charge in [0.05, 0.1) is 13.2 Å². The van der Waals surface area contributed by atoms with E-state index in [0.29, 0.717) is 23.2 Å². The highest BCUT2D eigenvalue weighted by atomic mass is 28.4. The van der Waals surface area contributed by atoms with Gasteiger partial charge in [0.2, 0.25) is 0 Å². The van der Waals surface area contributed by atoms with Gasteiger partial charge < -0.3 is 9.53 Å². The zero-order valence-electron chi connectivity index (χ0n) is 16.0. The van der Waals surface area contributed by atoms with Crippen LogP contribution in [0, 0.1) is 0 Å². The summed E-state index contributed by atoms with van der Waals surface area (Å²) in [6, 6.07) is 0.284. The standard InChI is InChI=1S/C17H36N2O3Si/c1-13(2)23(14(3)4,15(5)6)22-12-16-10-19(11-17(20)21)9-8-18(16)7/h13-16H,8-12H2,1-7H3,(H,20,21). The van der Waals surface area contributed by atoms with Crippen LogP contribution in [-0.4, -0.2) is 75.1 Å². The third-order valence-corrected chi connectivity index (χ3v) is 11.5. The highest BCUT2D eigenvalue weighted by molar-refractivity contribution is 6.77. The quantitative estimate of drug-likeness (QED) is 0.686. The van der Waals surface area contributed by atoms with Gasteiger partial charge in [-0.3, -0.25) is 14.6 Å². The number of carboxylic acids is 1. The van der Waals surface area contributed by atoms with Crippen LogP contribution in [-0.2, 0) is 9.22 Å². The lowest BCUT2D eigenvalue weighted by atomic mass is 10.2. The van der Waals surface area contributed by atoms with E-state index in [1.54, 1.807) is 0 Å². The average molecular weight is 345 g/mol. The molecule has 0 spiro atoms. The summed E-state index contributed by atoms with van der Waals surface area (Å²) in [5.41, 5.74) is 1.73. The Morgan fingerprint density at radius 1 is 1.13 bits per heavy atom. The van der Waals surface area contributed by atoms with Crippen LogP contribution in [0.5, 0.6) is 0 Å². The van der Waals surface area contributed by atoms with Crippen molar-refractivity contribution in [1.82, 2.24) is 9.80 Å². The van der Waals surface area contributed by atoms with Crippen molar-refractivity contribution in [2.75, 3.05) is 39.8 Å². The molecule has 1 heterocycles. The molecule has 1 saturated heterocycles. The summed E-state index contributed by atoms with van der Waals surface area (Å²) in [6.45, 7) is 17.1. The Labute approximate surface area is 143 Å². The van der Waals surface area contributed by atoms with E-state index in [2.05, 4.69) is 53.5 Å². The molecule has 1 rings (SSSR count). The van der Waals surface area contributed by atoms with Gasteiger partial charge in [-0.05, 0) is 23.7 Å². The Bertz CT molecular complexity index is 366. The molecule has 0 aromatic heterocycles. The lowest BCUT2D eigenvalue weighted by Gasteiger charge is -2.45. The predicted octanol–water partition coefficient (Wildman–Crippen LogP) is 2.88. The van der Waals surface area contributed by atoms with Crippen LogP contribution in [0.15, 0.2) is 0 Å². The highest BCUT2D eigenvalue weighted by Gasteiger charge is 2.45. The lowest BCUT2D eigenvalue weighted by molar-refractivity contribution is -0.139. The molecule has 1 aliphatic heterocycles. The molecule has 1 fully saturated rings. The molecule has 0 saturated carbocycles. The lowest BCUT2D eigenvalue weighted by Crippen LogP contribution is -2.57. The van der Waals surface area contributed by atoms with Gasteiger partial charge in [0.25, 0.3) is 0 Å². The molecular weight excluding hydrogens is 308 g/mol. The van der Waals surface area contributed by atoms with Crippen molar-refractivity contribution in [1.29, 1.82) is 0 Å². The van der Waals surface area contributed by atoms with Gasteiger partial charge in [0.15, 0.2) is 8.32 Å². The van der Waals surface area contributed by atoms with Crippen LogP contribution in [0.4, 0.5) is 0 Å². The maximum Gasteiger partial charge on any atom is 0.317 e. The Morgan fingerprint density at radius 2 is 1.65 bits per heavy atom. The molecule has 1 aliphatic rings. The summed E-state index contributed by atoms with van der Waals surface area (Å²) in [5, 5.41) is 9.02. The van der Waals surface area contributed by atoms with Crippen LogP contribution >= 0.6 is 0 Å². The summed E-state index contributed by atoms with van der Waals surface area (Å²) >= 11 is 0. The highest BCUT2D eigenvalue weighted by Crippen LogP contribution is 2.42. The molecule has 0 aromatic carbocycles. The molecule has 0 bridgehead atoms. The summed E-state index contributed by atoms with van der Waals surface area (Å²) in [5.74, 6) is -0.746. The van der Waals surface area contributed by atoms with Crippen LogP contribution in [0.2, 0.25) is 16.6 Å². The molecule has 1 unspecified atom stereocenters. The van der Waals surface area contributed by atoms with Gasteiger partial charge in [-0.15, -0.1) is 0 Å². The number of rotatable bonds is 8. The molecule has 136 valence electrons. The number of hydrogen-bond acceptors (Lipinski definition) is 4. The van der Waals surface area contributed by atoms with Crippen LogP contribution < -0.4 is 0 Å². The second kappa shape index (κ2) is 8.60. The van der Waals surface area contributed by atoms with E-state index in [4.69, 9.17) is 9.53 Å². The SMILES string of the molecule is CC(C)[Si](OCC1CN(CC(=O)O)CCN1C)(C(C)C)C(C)C. The second-order valence-corrected chi connectivity index (χ2v) is 13.4. The third kappa shape index (κ3) is 5.02. The van der Waals surface area contributed by atoms with Gasteiger partial charge in [-0.1, -0.05) is 41.5 Å². The van der Waals surface area contributed by atoms with Crippen molar-refractivity contribution in [3.63, 3.8) is 0 Å². The number of carboxylic acid groups (broad SMARTS) is 1. The van der Waals surface area contributed by atoms with Crippen molar-refractivity contribution in [3.8, 4) is 0 Å². The Hall–Kier alpha value is -0.433. The van der Waals surface area contributed by atoms with Crippen molar-refractivity contribution in [3.05, 3.63) is 0 Å². The smallest absolute Gasteiger partial charge is 0.317 e. The molecule has 0 aromatic rings. The van der Waals surface area contributed by atoms with E-state index in [9.17, 15) is 4.79 Å². The fraction of sp³-hybridized carbons (Fsp3) is 0.941. The van der Waals surface area contributed by atoms with Gasteiger partial charge in [-0.2, -0.15) is 0 Å². The Balaban J connectivity index is 2.77. The van der Waals surface area contributed by atoms with Crippen molar-refractivity contribution in [2.45, 2.75) is 64.2 Å². The molecule has 6 heteroatoms. The van der Waals surface area contributed by atoms with E-state index in [-0.39, 0.29) is 12.6 Å². The van der Waals surface area contributed by atoms with Crippen LogP contribution in [0.1, 0.15) is 41.5 Å². The fourth-order valence-electron chi connectivity index (χ4n) is 4.27. The summed E-state index contributed by atoms with van der Waals surface area (Å²) in [6.07, 6.45) is 0. The minimum Gasteiger partial charge on any atom is -0.480 e. The fourth-order valence-corrected chi connectivity index (χ4v) is 9.75. The molecule has 0 amide bonds. The summed E-state index contributed by atoms with van der Waals surface area (Å²) in [7, 11) is 0.264. The second-order valence-electron chi connectivity index (χ2n) is 7.89. The predicted molar refractivity (Wildman–Crippen MR) is 97.5 cm³/mol. The Kier molecular flexibility index (Phi) is 7.71. The molecule has 0 radical (unpaired) electrons. The zero-order chi connectivity index (χ0) is 17.8. The van der Waals surface area contributed by atoms with E-state index < -0.39 is 14.3 Å². The number of nitrogens with zero attached hydrogens (tertiary/aromatic N) is 2. The minimum atomic E-state index is -1.86. The van der Waals surface area contributed by atoms with Gasteiger partial charge in [0, 0.05) is 25.7 Å². The normalized spacial score (nSPS) is 21.6. The van der Waals surface area contributed by atoms with Gasteiger partial charge in [0.1, 0.15) is 0 Å². The minimum absolute atomic E-state index is 0.130. The first-order chi connectivity index (χ1) is 10.6. The topological polar surface area (TPSA) is 53.0 Å². The number of carbonyl (C=O) groups is 1. The molecular formula is C17H36N2O3Si. The maximum absolute atomic E-state index is 11.0. The van der Waals surface area contributed by atoms with E-state index in [1.807, 2.05) is 4.90 Å². The van der Waals surface area contributed by atoms with E-state index in [1.165, 1.54) is 0 Å². The first-order valence-corrected chi connectivity index (χ1v) is 11.0. The van der Waals surface area contributed by atoms with Crippen LogP contribution in [0.3, 0.4) is 0 Å². The van der Waals surface area contributed by atoms with Crippen molar-refractivity contribution < 1.29 is 14.3 Å². The molecule has 23 heavy (non-hydrogen) atoms. The first-order valence-electron chi connectivity index (χ1n) is 8.89. The molecule has 1 N–H and O–H groups in total. The molecule has 0 aliphatic carbocycles. The number of aliphatic carboxylic acids is 1. The summed E-state index contributed by atoms with van der Waals surface area (Å²) in [4.78, 5) is 15.3. The van der Waals surface area contributed by atoms with Crippen molar-refractivity contribution in [2.24, 2.45) is 0 Å². The monoisotopic (exact) mass is 344 g/mol. The maximum atomic E-state index is 11.0. The number of likely N-dealkylation sites (N-methyl/N-ethyl adjacent to an activating group) is 1. The van der Waals surface area contributed by atoms with Crippen molar-refractivity contribution >= 4 is 14.3 Å². The third-order valence-electron chi connectivity index (χ3n) is 5.45. The van der Waals surface area contributed by atoms with E-state index in [0.717, 1.165) is 19.6 Å². The first kappa shape index (κ1) is 20.6.